The van der Waals surface area contributed by atoms with E-state index in [0.717, 1.165) is 29.7 Å². The maximum absolute atomic E-state index is 11.8. The fourth-order valence-electron chi connectivity index (χ4n) is 2.74. The number of carbonyl (C=O) groups is 1. The van der Waals surface area contributed by atoms with Crippen molar-refractivity contribution >= 4 is 17.6 Å². The molecule has 0 spiro atoms. The van der Waals surface area contributed by atoms with Crippen molar-refractivity contribution in [2.75, 3.05) is 0 Å². The van der Waals surface area contributed by atoms with Crippen LogP contribution in [-0.4, -0.2) is 26.1 Å². The summed E-state index contributed by atoms with van der Waals surface area (Å²) in [4.78, 5) is 11.8. The van der Waals surface area contributed by atoms with Gasteiger partial charge in [-0.05, 0) is 43.9 Å². The summed E-state index contributed by atoms with van der Waals surface area (Å²) < 4.78 is 7.79. The van der Waals surface area contributed by atoms with E-state index in [1.807, 2.05) is 31.3 Å². The lowest BCUT2D eigenvalue weighted by Gasteiger charge is -2.31. The molecule has 0 bridgehead atoms. The third kappa shape index (κ3) is 4.62. The van der Waals surface area contributed by atoms with Crippen LogP contribution in [0.1, 0.15) is 55.7 Å². The monoisotopic (exact) mass is 379 g/mol. The number of aliphatic carboxylic acids is 1. The van der Waals surface area contributed by atoms with Gasteiger partial charge < -0.3 is 9.84 Å². The number of nitrogens with zero attached hydrogens (tertiary/aromatic N) is 3. The molecule has 0 saturated heterocycles. The molecule has 142 valence electrons. The van der Waals surface area contributed by atoms with Crippen molar-refractivity contribution in [3.63, 3.8) is 0 Å². The molecule has 1 atom stereocenters. The van der Waals surface area contributed by atoms with E-state index < -0.39 is 17.5 Å². The van der Waals surface area contributed by atoms with Gasteiger partial charge in [-0.3, -0.25) is 9.48 Å². The fourth-order valence-corrected chi connectivity index (χ4v) is 3.03. The van der Waals surface area contributed by atoms with E-state index in [1.165, 1.54) is 0 Å². The van der Waals surface area contributed by atoms with Crippen molar-refractivity contribution in [3.05, 3.63) is 46.8 Å². The number of benzene rings is 1. The van der Waals surface area contributed by atoms with E-state index in [4.69, 9.17) is 16.3 Å². The van der Waals surface area contributed by atoms with E-state index in [2.05, 4.69) is 17.2 Å². The molecule has 0 aliphatic rings. The van der Waals surface area contributed by atoms with Crippen LogP contribution in [0.5, 0.6) is 0 Å². The Kier molecular flexibility index (Phi) is 6.78. The summed E-state index contributed by atoms with van der Waals surface area (Å²) in [5.41, 5.74) is 2.39. The summed E-state index contributed by atoms with van der Waals surface area (Å²) in [7, 11) is 0. The number of alkyl halides is 1. The molecule has 1 aromatic carbocycles. The number of hydrogen-bond acceptors (Lipinski definition) is 4. The number of aromatic nitrogens is 3. The Hall–Kier alpha value is -1.92. The normalized spacial score (nSPS) is 13.0. The van der Waals surface area contributed by atoms with Gasteiger partial charge in [0.1, 0.15) is 5.69 Å². The van der Waals surface area contributed by atoms with Gasteiger partial charge in [-0.1, -0.05) is 30.3 Å². The van der Waals surface area contributed by atoms with Gasteiger partial charge in [-0.2, -0.15) is 0 Å². The Balaban J connectivity index is 2.28. The molecule has 1 aromatic heterocycles. The topological polar surface area (TPSA) is 77.2 Å². The zero-order valence-corrected chi connectivity index (χ0v) is 16.5. The van der Waals surface area contributed by atoms with Gasteiger partial charge in [0.05, 0.1) is 24.3 Å². The lowest BCUT2D eigenvalue weighted by molar-refractivity contribution is -0.158. The molecule has 0 saturated carbocycles. The van der Waals surface area contributed by atoms with Gasteiger partial charge in [0.2, 0.25) is 0 Å². The summed E-state index contributed by atoms with van der Waals surface area (Å²) >= 11 is 6.01. The smallest absolute Gasteiger partial charge is 0.312 e. The Morgan fingerprint density at radius 1 is 1.42 bits per heavy atom. The van der Waals surface area contributed by atoms with Crippen molar-refractivity contribution in [2.45, 2.75) is 59.3 Å². The van der Waals surface area contributed by atoms with E-state index >= 15 is 0 Å². The first kappa shape index (κ1) is 20.4. The molecule has 0 aliphatic heterocycles. The van der Waals surface area contributed by atoms with Crippen LogP contribution in [0.3, 0.4) is 0 Å². The number of ether oxygens (including phenoxy) is 1. The van der Waals surface area contributed by atoms with E-state index in [-0.39, 0.29) is 6.61 Å². The zero-order chi connectivity index (χ0) is 19.3. The maximum atomic E-state index is 11.8. The maximum Gasteiger partial charge on any atom is 0.312 e. The van der Waals surface area contributed by atoms with Crippen molar-refractivity contribution in [2.24, 2.45) is 5.41 Å². The molecule has 0 unspecified atom stereocenters. The highest BCUT2D eigenvalue weighted by molar-refractivity contribution is 6.17. The molecule has 0 aliphatic carbocycles. The van der Waals surface area contributed by atoms with E-state index in [9.17, 15) is 9.90 Å². The Morgan fingerprint density at radius 3 is 2.77 bits per heavy atom. The largest absolute Gasteiger partial charge is 0.481 e. The van der Waals surface area contributed by atoms with Crippen LogP contribution in [0.2, 0.25) is 0 Å². The molecule has 0 fully saturated rings. The number of hydrogen-bond donors (Lipinski definition) is 1. The molecule has 0 amide bonds. The summed E-state index contributed by atoms with van der Waals surface area (Å²) in [6.07, 6.45) is 2.15. The third-order valence-corrected chi connectivity index (χ3v) is 4.75. The SMILES string of the molecule is CCCn1cc(CO[C@H](c2ccc(C)c(CCl)c2)C(C)(C)C(=O)O)nn1. The number of carboxylic acids is 1. The van der Waals surface area contributed by atoms with Gasteiger partial charge in [-0.15, -0.1) is 16.7 Å². The van der Waals surface area contributed by atoms with Crippen LogP contribution in [0.15, 0.2) is 24.4 Å². The van der Waals surface area contributed by atoms with Crippen molar-refractivity contribution in [1.82, 2.24) is 15.0 Å². The van der Waals surface area contributed by atoms with Gasteiger partial charge in [0.25, 0.3) is 0 Å². The van der Waals surface area contributed by atoms with Crippen molar-refractivity contribution in [1.29, 1.82) is 0 Å². The van der Waals surface area contributed by atoms with Gasteiger partial charge >= 0.3 is 5.97 Å². The summed E-state index contributed by atoms with van der Waals surface area (Å²) in [6, 6.07) is 5.76. The second-order valence-corrected chi connectivity index (χ2v) is 7.28. The van der Waals surface area contributed by atoms with Gasteiger partial charge in [0, 0.05) is 12.4 Å². The van der Waals surface area contributed by atoms with Crippen LogP contribution in [0.25, 0.3) is 0 Å². The first-order valence-electron chi connectivity index (χ1n) is 8.69. The summed E-state index contributed by atoms with van der Waals surface area (Å²) in [5, 5.41) is 17.8. The average Bonchev–Trinajstić information content (AvgIpc) is 3.04. The summed E-state index contributed by atoms with van der Waals surface area (Å²) in [6.45, 7) is 8.34. The Labute approximate surface area is 159 Å². The number of rotatable bonds is 9. The molecular formula is C19H26ClN3O3. The number of halogens is 1. The zero-order valence-electron chi connectivity index (χ0n) is 15.7. The predicted octanol–water partition coefficient (Wildman–Crippen LogP) is 4.10. The standard InChI is InChI=1S/C19H26ClN3O3/c1-5-8-23-11-16(21-22-23)12-26-17(19(3,4)18(24)25)14-7-6-13(2)15(9-14)10-20/h6-7,9,11,17H,5,8,10,12H2,1-4H3,(H,24,25)/t17-/m1/s1. The number of carboxylic acid groups (broad SMARTS) is 1. The molecule has 7 heteroatoms. The highest BCUT2D eigenvalue weighted by Gasteiger charge is 2.39. The fraction of sp³-hybridized carbons (Fsp3) is 0.526. The lowest BCUT2D eigenvalue weighted by Crippen LogP contribution is -2.33. The highest BCUT2D eigenvalue weighted by Crippen LogP contribution is 2.38. The van der Waals surface area contributed by atoms with Crippen LogP contribution in [0.4, 0.5) is 0 Å². The molecule has 26 heavy (non-hydrogen) atoms. The van der Waals surface area contributed by atoms with Crippen LogP contribution < -0.4 is 0 Å². The number of aryl methyl sites for hydroxylation is 2. The summed E-state index contributed by atoms with van der Waals surface area (Å²) in [5.74, 6) is -0.559. The Morgan fingerprint density at radius 2 is 2.15 bits per heavy atom. The molecule has 2 aromatic rings. The predicted molar refractivity (Wildman–Crippen MR) is 100.0 cm³/mol. The Bertz CT molecular complexity index is 758. The molecule has 6 nitrogen and oxygen atoms in total. The molecule has 1 N–H and O–H groups in total. The average molecular weight is 380 g/mol. The minimum Gasteiger partial charge on any atom is -0.481 e. The van der Waals surface area contributed by atoms with E-state index in [0.29, 0.717) is 11.6 Å². The second kappa shape index (κ2) is 8.64. The first-order valence-corrected chi connectivity index (χ1v) is 9.22. The molecule has 2 rings (SSSR count). The minimum absolute atomic E-state index is 0.190. The first-order chi connectivity index (χ1) is 12.3. The lowest BCUT2D eigenvalue weighted by atomic mass is 9.82. The molecule has 1 heterocycles. The second-order valence-electron chi connectivity index (χ2n) is 7.01. The van der Waals surface area contributed by atoms with Gasteiger partial charge in [0.15, 0.2) is 0 Å². The molecular weight excluding hydrogens is 354 g/mol. The van der Waals surface area contributed by atoms with Crippen LogP contribution >= 0.6 is 11.6 Å². The van der Waals surface area contributed by atoms with Crippen molar-refractivity contribution < 1.29 is 14.6 Å². The van der Waals surface area contributed by atoms with Gasteiger partial charge in [-0.25, -0.2) is 0 Å². The van der Waals surface area contributed by atoms with Crippen LogP contribution in [0, 0.1) is 12.3 Å². The third-order valence-electron chi connectivity index (χ3n) is 4.46. The minimum atomic E-state index is -1.11. The van der Waals surface area contributed by atoms with Crippen LogP contribution in [-0.2, 0) is 28.6 Å². The highest BCUT2D eigenvalue weighted by atomic mass is 35.5. The van der Waals surface area contributed by atoms with E-state index in [1.54, 1.807) is 18.5 Å². The quantitative estimate of drug-likeness (QED) is 0.663. The molecule has 0 radical (unpaired) electrons. The van der Waals surface area contributed by atoms with Crippen molar-refractivity contribution in [3.8, 4) is 0 Å².